The number of aromatic nitrogens is 2. The lowest BCUT2D eigenvalue weighted by molar-refractivity contribution is -0.120. The average Bonchev–Trinajstić information content (AvgIpc) is 2.83. The third kappa shape index (κ3) is 9.87. The molecule has 1 saturated heterocycles. The molecule has 1 fully saturated rings. The zero-order valence-electron chi connectivity index (χ0n) is 20.2. The van der Waals surface area contributed by atoms with Gasteiger partial charge < -0.3 is 15.0 Å². The number of halogens is 2. The first-order valence-corrected chi connectivity index (χ1v) is 14.2. The van der Waals surface area contributed by atoms with Crippen LogP contribution < -0.4 is 20.1 Å². The Labute approximate surface area is 216 Å². The Morgan fingerprint density at radius 2 is 1.92 bits per heavy atom. The van der Waals surface area contributed by atoms with Gasteiger partial charge in [-0.15, -0.1) is 0 Å². The summed E-state index contributed by atoms with van der Waals surface area (Å²) in [7, 11) is -3.49. The largest absolute Gasteiger partial charge is 0.493 e. The molecule has 1 aromatic carbocycles. The van der Waals surface area contributed by atoms with E-state index in [-0.39, 0.29) is 23.6 Å². The fourth-order valence-electron chi connectivity index (χ4n) is 4.11. The molecule has 12 heteroatoms. The third-order valence-electron chi connectivity index (χ3n) is 6.08. The van der Waals surface area contributed by atoms with E-state index >= 15 is 0 Å². The van der Waals surface area contributed by atoms with Gasteiger partial charge in [0.25, 0.3) is 0 Å². The van der Waals surface area contributed by atoms with Crippen molar-refractivity contribution in [2.45, 2.75) is 44.9 Å². The van der Waals surface area contributed by atoms with Crippen molar-refractivity contribution in [3.63, 3.8) is 0 Å². The Morgan fingerprint density at radius 1 is 1.19 bits per heavy atom. The van der Waals surface area contributed by atoms with Crippen molar-refractivity contribution < 1.29 is 22.3 Å². The van der Waals surface area contributed by atoms with Gasteiger partial charge in [0.2, 0.25) is 21.9 Å². The van der Waals surface area contributed by atoms with Crippen molar-refractivity contribution >= 4 is 33.5 Å². The topological polar surface area (TPSA) is 128 Å². The Balaban J connectivity index is 1.30. The quantitative estimate of drug-likeness (QED) is 0.373. The van der Waals surface area contributed by atoms with Crippen LogP contribution in [0.4, 0.5) is 10.3 Å². The monoisotopic (exact) mass is 541 g/mol. The number of carbonyl (C=O) groups excluding carboxylic acids is 1. The van der Waals surface area contributed by atoms with Crippen molar-refractivity contribution in [2.24, 2.45) is 11.1 Å². The van der Waals surface area contributed by atoms with Crippen LogP contribution in [0, 0.1) is 11.7 Å². The summed E-state index contributed by atoms with van der Waals surface area (Å²) in [6.45, 7) is 2.62. The van der Waals surface area contributed by atoms with Crippen LogP contribution in [0.1, 0.15) is 44.1 Å². The number of nitrogens with zero attached hydrogens (tertiary/aromatic N) is 3. The van der Waals surface area contributed by atoms with Crippen LogP contribution in [-0.4, -0.2) is 56.3 Å². The van der Waals surface area contributed by atoms with Crippen molar-refractivity contribution in [2.75, 3.05) is 36.9 Å². The summed E-state index contributed by atoms with van der Waals surface area (Å²) in [5.41, 5.74) is 0.279. The van der Waals surface area contributed by atoms with Crippen LogP contribution in [0.2, 0.25) is 5.02 Å². The van der Waals surface area contributed by atoms with Crippen LogP contribution in [0.3, 0.4) is 0 Å². The highest BCUT2D eigenvalue weighted by Gasteiger charge is 2.20. The number of nitrogens with one attached hydrogen (secondary N) is 1. The SMILES string of the molecule is NS(=O)(=O)CCCCNC(=O)Cc1ccc(OCCCC2CCN(c3ncc(Cl)cn3)CC2)cc1F. The van der Waals surface area contributed by atoms with E-state index in [1.54, 1.807) is 24.5 Å². The minimum atomic E-state index is -3.49. The lowest BCUT2D eigenvalue weighted by Gasteiger charge is -2.31. The Bertz CT molecular complexity index is 1100. The standard InChI is InChI=1S/C24H33ClFN5O4S/c25-20-16-29-24(30-17-20)31-10-7-18(8-11-31)4-3-12-35-21-6-5-19(22(26)15-21)14-23(32)28-9-1-2-13-36(27,33)34/h5-6,15-18H,1-4,7-14H2,(H,28,32)(H2,27,33,34). The van der Waals surface area contributed by atoms with Crippen LogP contribution in [0.5, 0.6) is 5.75 Å². The summed E-state index contributed by atoms with van der Waals surface area (Å²) in [6.07, 6.45) is 7.99. The van der Waals surface area contributed by atoms with E-state index in [0.717, 1.165) is 38.8 Å². The highest BCUT2D eigenvalue weighted by Crippen LogP contribution is 2.25. The molecule has 36 heavy (non-hydrogen) atoms. The predicted molar refractivity (Wildman–Crippen MR) is 137 cm³/mol. The van der Waals surface area contributed by atoms with Gasteiger partial charge in [0.05, 0.1) is 36.2 Å². The molecule has 0 unspecified atom stereocenters. The number of anilines is 1. The maximum Gasteiger partial charge on any atom is 0.225 e. The molecular formula is C24H33ClFN5O4S. The average molecular weight is 542 g/mol. The van der Waals surface area contributed by atoms with Gasteiger partial charge in [0.1, 0.15) is 11.6 Å². The number of benzene rings is 1. The summed E-state index contributed by atoms with van der Waals surface area (Å²) in [6, 6.07) is 4.53. The van der Waals surface area contributed by atoms with E-state index in [1.807, 2.05) is 0 Å². The van der Waals surface area contributed by atoms with Crippen LogP contribution in [0.15, 0.2) is 30.6 Å². The number of primary sulfonamides is 1. The van der Waals surface area contributed by atoms with Crippen molar-refractivity contribution in [3.8, 4) is 5.75 Å². The first kappa shape index (κ1) is 28.1. The molecule has 198 valence electrons. The molecule has 0 aliphatic carbocycles. The number of carbonyl (C=O) groups is 1. The molecule has 1 aliphatic heterocycles. The number of hydrogen-bond acceptors (Lipinski definition) is 7. The number of sulfonamides is 1. The molecule has 0 bridgehead atoms. The number of nitrogens with two attached hydrogens (primary N) is 1. The zero-order valence-corrected chi connectivity index (χ0v) is 21.7. The molecule has 1 amide bonds. The van der Waals surface area contributed by atoms with Gasteiger partial charge in [-0.3, -0.25) is 4.79 Å². The lowest BCUT2D eigenvalue weighted by Crippen LogP contribution is -2.34. The van der Waals surface area contributed by atoms with Gasteiger partial charge in [0.15, 0.2) is 0 Å². The maximum absolute atomic E-state index is 14.4. The minimum Gasteiger partial charge on any atom is -0.493 e. The Kier molecular flexibility index (Phi) is 10.7. The van der Waals surface area contributed by atoms with Crippen LogP contribution >= 0.6 is 11.6 Å². The highest BCUT2D eigenvalue weighted by atomic mass is 35.5. The summed E-state index contributed by atoms with van der Waals surface area (Å²) in [5.74, 6) is 0.812. The van der Waals surface area contributed by atoms with Crippen molar-refractivity contribution in [3.05, 3.63) is 47.0 Å². The van der Waals surface area contributed by atoms with E-state index in [2.05, 4.69) is 20.2 Å². The number of amides is 1. The summed E-state index contributed by atoms with van der Waals surface area (Å²) in [5, 5.41) is 8.12. The second-order valence-electron chi connectivity index (χ2n) is 8.98. The Hall–Kier alpha value is -2.50. The fraction of sp³-hybridized carbons (Fsp3) is 0.542. The maximum atomic E-state index is 14.4. The number of rotatable bonds is 13. The van der Waals surface area contributed by atoms with Gasteiger partial charge >= 0.3 is 0 Å². The van der Waals surface area contributed by atoms with Gasteiger partial charge in [-0.1, -0.05) is 17.7 Å². The van der Waals surface area contributed by atoms with Gasteiger partial charge in [-0.25, -0.2) is 27.9 Å². The zero-order chi connectivity index (χ0) is 26.0. The molecule has 3 rings (SSSR count). The third-order valence-corrected chi connectivity index (χ3v) is 7.14. The van der Waals surface area contributed by atoms with E-state index < -0.39 is 15.8 Å². The minimum absolute atomic E-state index is 0.0962. The molecule has 1 aliphatic rings. The summed E-state index contributed by atoms with van der Waals surface area (Å²) in [4.78, 5) is 22.7. The number of ether oxygens (including phenoxy) is 1. The molecule has 0 spiro atoms. The number of hydrogen-bond donors (Lipinski definition) is 2. The van der Waals surface area contributed by atoms with E-state index in [1.165, 1.54) is 6.07 Å². The number of unbranched alkanes of at least 4 members (excludes halogenated alkanes) is 1. The van der Waals surface area contributed by atoms with Crippen LogP contribution in [-0.2, 0) is 21.2 Å². The molecule has 0 radical (unpaired) electrons. The molecule has 0 atom stereocenters. The predicted octanol–water partition coefficient (Wildman–Crippen LogP) is 3.07. The molecule has 2 aromatic rings. The molecule has 2 heterocycles. The summed E-state index contributed by atoms with van der Waals surface area (Å²) < 4.78 is 41.9. The molecule has 3 N–H and O–H groups in total. The van der Waals surface area contributed by atoms with Gasteiger partial charge in [-0.05, 0) is 56.1 Å². The second-order valence-corrected chi connectivity index (χ2v) is 11.1. The normalized spacial score (nSPS) is 14.6. The van der Waals surface area contributed by atoms with E-state index in [9.17, 15) is 17.6 Å². The van der Waals surface area contributed by atoms with E-state index in [4.69, 9.17) is 21.5 Å². The van der Waals surface area contributed by atoms with Crippen LogP contribution in [0.25, 0.3) is 0 Å². The second kappa shape index (κ2) is 13.7. The lowest BCUT2D eigenvalue weighted by atomic mass is 9.92. The van der Waals surface area contributed by atoms with Gasteiger partial charge in [0, 0.05) is 25.7 Å². The van der Waals surface area contributed by atoms with E-state index in [0.29, 0.717) is 48.6 Å². The fourth-order valence-corrected chi connectivity index (χ4v) is 4.81. The molecule has 9 nitrogen and oxygen atoms in total. The smallest absolute Gasteiger partial charge is 0.225 e. The summed E-state index contributed by atoms with van der Waals surface area (Å²) >= 11 is 5.85. The molecule has 0 saturated carbocycles. The van der Waals surface area contributed by atoms with Gasteiger partial charge in [-0.2, -0.15) is 0 Å². The van der Waals surface area contributed by atoms with Crippen molar-refractivity contribution in [1.82, 2.24) is 15.3 Å². The first-order valence-electron chi connectivity index (χ1n) is 12.1. The first-order chi connectivity index (χ1) is 17.2. The Morgan fingerprint density at radius 3 is 2.58 bits per heavy atom. The molecular weight excluding hydrogens is 509 g/mol. The highest BCUT2D eigenvalue weighted by molar-refractivity contribution is 7.89. The van der Waals surface area contributed by atoms with Crippen molar-refractivity contribution in [1.29, 1.82) is 0 Å². The molecule has 1 aromatic heterocycles. The number of piperidine rings is 1.